The maximum atomic E-state index is 11.9. The number of aromatic amines is 1. The highest BCUT2D eigenvalue weighted by atomic mass is 35.5. The molecule has 0 spiro atoms. The van der Waals surface area contributed by atoms with Crippen LogP contribution in [0.2, 0.25) is 0 Å². The van der Waals surface area contributed by atoms with Crippen molar-refractivity contribution >= 4 is 29.2 Å². The van der Waals surface area contributed by atoms with Crippen LogP contribution in [-0.2, 0) is 10.7 Å². The number of nitrogens with one attached hydrogen (secondary N) is 1. The van der Waals surface area contributed by atoms with Crippen LogP contribution >= 0.6 is 11.6 Å². The topological polar surface area (TPSA) is 109 Å². The molecule has 2 aromatic rings. The lowest BCUT2D eigenvalue weighted by atomic mass is 9.97. The number of primary amides is 1. The van der Waals surface area contributed by atoms with E-state index >= 15 is 0 Å². The molecule has 112 valence electrons. The lowest BCUT2D eigenvalue weighted by Gasteiger charge is -2.29. The first kappa shape index (κ1) is 13.9. The second-order valence-electron chi connectivity index (χ2n) is 5.07. The van der Waals surface area contributed by atoms with Crippen molar-refractivity contribution in [2.45, 2.75) is 18.7 Å². The summed E-state index contributed by atoms with van der Waals surface area (Å²) >= 11 is 5.70. The molecule has 9 heteroatoms. The number of nitrogens with two attached hydrogens (primary N) is 1. The molecular weight excluding hydrogens is 296 g/mol. The van der Waals surface area contributed by atoms with Gasteiger partial charge in [0.2, 0.25) is 11.9 Å². The van der Waals surface area contributed by atoms with Crippen LogP contribution in [0, 0.1) is 5.92 Å². The van der Waals surface area contributed by atoms with Crippen LogP contribution in [0.5, 0.6) is 0 Å². The number of rotatable bonds is 3. The average molecular weight is 311 g/mol. The van der Waals surface area contributed by atoms with Crippen LogP contribution in [-0.4, -0.2) is 38.6 Å². The first-order valence-corrected chi connectivity index (χ1v) is 7.21. The van der Waals surface area contributed by atoms with Crippen molar-refractivity contribution in [3.8, 4) is 0 Å². The summed E-state index contributed by atoms with van der Waals surface area (Å²) in [6, 6.07) is 1.38. The third-order valence-electron chi connectivity index (χ3n) is 3.71. The number of hydrogen-bond acceptors (Lipinski definition) is 5. The number of halogens is 1. The summed E-state index contributed by atoms with van der Waals surface area (Å²) in [5.41, 5.74) is 5.56. The third-order valence-corrected chi connectivity index (χ3v) is 3.98. The molecule has 8 nitrogen and oxygen atoms in total. The van der Waals surface area contributed by atoms with Gasteiger partial charge in [-0.25, -0.2) is 4.98 Å². The van der Waals surface area contributed by atoms with Gasteiger partial charge in [0, 0.05) is 25.1 Å². The maximum absolute atomic E-state index is 11.9. The van der Waals surface area contributed by atoms with Gasteiger partial charge in [-0.2, -0.15) is 9.50 Å². The van der Waals surface area contributed by atoms with E-state index in [0.717, 1.165) is 0 Å². The number of aromatic nitrogens is 4. The van der Waals surface area contributed by atoms with Crippen LogP contribution in [0.15, 0.2) is 10.9 Å². The van der Waals surface area contributed by atoms with Crippen molar-refractivity contribution in [1.29, 1.82) is 0 Å². The number of carbonyl (C=O) groups is 1. The fourth-order valence-electron chi connectivity index (χ4n) is 2.50. The minimum atomic E-state index is -0.260. The zero-order chi connectivity index (χ0) is 15.0. The highest BCUT2D eigenvalue weighted by Crippen LogP contribution is 2.20. The molecule has 1 aliphatic rings. The smallest absolute Gasteiger partial charge is 0.274 e. The molecular formula is C12H15ClN6O2. The Bertz CT molecular complexity index is 731. The van der Waals surface area contributed by atoms with E-state index in [1.54, 1.807) is 0 Å². The first-order chi connectivity index (χ1) is 10.1. The summed E-state index contributed by atoms with van der Waals surface area (Å²) in [6.07, 6.45) is 1.36. The molecule has 0 atom stereocenters. The minimum Gasteiger partial charge on any atom is -0.369 e. The summed E-state index contributed by atoms with van der Waals surface area (Å²) in [4.78, 5) is 33.6. The summed E-state index contributed by atoms with van der Waals surface area (Å²) in [5, 5.41) is 2.93. The Morgan fingerprint density at radius 1 is 1.43 bits per heavy atom. The molecule has 21 heavy (non-hydrogen) atoms. The SMILES string of the molecule is NC(=O)C1CCN(c2nc3nc(CCl)cc(=O)n3[nH]2)CC1. The number of hydrogen-bond donors (Lipinski definition) is 2. The molecule has 3 rings (SSSR count). The molecule has 0 radical (unpaired) electrons. The van der Waals surface area contributed by atoms with Crippen LogP contribution in [0.3, 0.4) is 0 Å². The van der Waals surface area contributed by atoms with Crippen molar-refractivity contribution in [3.63, 3.8) is 0 Å². The number of fused-ring (bicyclic) bond motifs is 1. The van der Waals surface area contributed by atoms with E-state index in [0.29, 0.717) is 43.4 Å². The molecule has 0 saturated carbocycles. The average Bonchev–Trinajstić information content (AvgIpc) is 2.91. The predicted molar refractivity (Wildman–Crippen MR) is 77.3 cm³/mol. The summed E-state index contributed by atoms with van der Waals surface area (Å²) in [7, 11) is 0. The molecule has 3 N–H and O–H groups in total. The number of H-pyrrole nitrogens is 1. The molecule has 0 unspecified atom stereocenters. The lowest BCUT2D eigenvalue weighted by molar-refractivity contribution is -0.122. The Morgan fingerprint density at radius 2 is 2.14 bits per heavy atom. The highest BCUT2D eigenvalue weighted by molar-refractivity contribution is 6.16. The standard InChI is InChI=1S/C12H15ClN6O2/c13-6-8-5-9(20)19-11(15-8)16-12(17-19)18-3-1-7(2-4-18)10(14)21/h5,7H,1-4,6H2,(H2,14,21)(H,15,16,17). The van der Waals surface area contributed by atoms with Gasteiger partial charge in [-0.15, -0.1) is 11.6 Å². The first-order valence-electron chi connectivity index (χ1n) is 6.67. The zero-order valence-corrected chi connectivity index (χ0v) is 12.0. The molecule has 3 heterocycles. The Hall–Kier alpha value is -2.09. The zero-order valence-electron chi connectivity index (χ0n) is 11.3. The Morgan fingerprint density at radius 3 is 2.76 bits per heavy atom. The van der Waals surface area contributed by atoms with Crippen LogP contribution in [0.4, 0.5) is 5.95 Å². The van der Waals surface area contributed by atoms with Gasteiger partial charge in [-0.3, -0.25) is 14.7 Å². The summed E-state index contributed by atoms with van der Waals surface area (Å²) < 4.78 is 1.28. The minimum absolute atomic E-state index is 0.0886. The Kier molecular flexibility index (Phi) is 3.54. The lowest BCUT2D eigenvalue weighted by Crippen LogP contribution is -2.39. The fraction of sp³-hybridized carbons (Fsp3) is 0.500. The predicted octanol–water partition coefficient (Wildman–Crippen LogP) is -0.142. The van der Waals surface area contributed by atoms with E-state index in [2.05, 4.69) is 15.1 Å². The van der Waals surface area contributed by atoms with Crippen molar-refractivity contribution in [2.24, 2.45) is 11.7 Å². The molecule has 1 amide bonds. The van der Waals surface area contributed by atoms with Gasteiger partial charge >= 0.3 is 0 Å². The van der Waals surface area contributed by atoms with Crippen LogP contribution < -0.4 is 16.2 Å². The van der Waals surface area contributed by atoms with E-state index in [9.17, 15) is 9.59 Å². The third kappa shape index (κ3) is 2.58. The molecule has 0 aromatic carbocycles. The molecule has 1 fully saturated rings. The second kappa shape index (κ2) is 5.36. The molecule has 2 aromatic heterocycles. The van der Waals surface area contributed by atoms with Gasteiger partial charge < -0.3 is 10.6 Å². The quantitative estimate of drug-likeness (QED) is 0.767. The van der Waals surface area contributed by atoms with E-state index in [1.165, 1.54) is 10.6 Å². The van der Waals surface area contributed by atoms with Gasteiger partial charge in [0.1, 0.15) is 0 Å². The van der Waals surface area contributed by atoms with E-state index < -0.39 is 0 Å². The van der Waals surface area contributed by atoms with Gasteiger partial charge in [0.25, 0.3) is 11.3 Å². The van der Waals surface area contributed by atoms with E-state index in [-0.39, 0.29) is 23.3 Å². The fourth-order valence-corrected chi connectivity index (χ4v) is 2.64. The van der Waals surface area contributed by atoms with Gasteiger partial charge in [0.05, 0.1) is 11.6 Å². The van der Waals surface area contributed by atoms with Crippen LogP contribution in [0.1, 0.15) is 18.5 Å². The Balaban J connectivity index is 1.87. The molecule has 0 aliphatic carbocycles. The number of anilines is 1. The molecule has 0 bridgehead atoms. The van der Waals surface area contributed by atoms with Crippen molar-refractivity contribution < 1.29 is 4.79 Å². The monoisotopic (exact) mass is 310 g/mol. The van der Waals surface area contributed by atoms with Gasteiger partial charge in [-0.05, 0) is 12.8 Å². The van der Waals surface area contributed by atoms with E-state index in [1.807, 2.05) is 4.90 Å². The molecule has 1 aliphatic heterocycles. The number of amides is 1. The number of piperidine rings is 1. The van der Waals surface area contributed by atoms with Crippen LogP contribution in [0.25, 0.3) is 5.78 Å². The van der Waals surface area contributed by atoms with Crippen molar-refractivity contribution in [2.75, 3.05) is 18.0 Å². The number of nitrogens with zero attached hydrogens (tertiary/aromatic N) is 4. The maximum Gasteiger partial charge on any atom is 0.274 e. The Labute approximate surface area is 124 Å². The summed E-state index contributed by atoms with van der Waals surface area (Å²) in [6.45, 7) is 1.31. The number of alkyl halides is 1. The van der Waals surface area contributed by atoms with Crippen molar-refractivity contribution in [3.05, 3.63) is 22.1 Å². The van der Waals surface area contributed by atoms with Gasteiger partial charge in [0.15, 0.2) is 0 Å². The largest absolute Gasteiger partial charge is 0.369 e. The number of carbonyl (C=O) groups excluding carboxylic acids is 1. The van der Waals surface area contributed by atoms with Crippen molar-refractivity contribution in [1.82, 2.24) is 19.6 Å². The summed E-state index contributed by atoms with van der Waals surface area (Å²) in [5.74, 6) is 0.676. The van der Waals surface area contributed by atoms with E-state index in [4.69, 9.17) is 17.3 Å². The normalized spacial score (nSPS) is 16.5. The van der Waals surface area contributed by atoms with Gasteiger partial charge in [-0.1, -0.05) is 0 Å². The highest BCUT2D eigenvalue weighted by Gasteiger charge is 2.25. The second-order valence-corrected chi connectivity index (χ2v) is 5.33. The molecule has 1 saturated heterocycles.